The summed E-state index contributed by atoms with van der Waals surface area (Å²) in [5.41, 5.74) is 1.10. The Morgan fingerprint density at radius 3 is 2.53 bits per heavy atom. The van der Waals surface area contributed by atoms with Crippen LogP contribution >= 0.6 is 11.6 Å². The molecule has 0 saturated heterocycles. The third-order valence-corrected chi connectivity index (χ3v) is 3.98. The number of halogens is 1. The highest BCUT2D eigenvalue weighted by molar-refractivity contribution is 6.30. The minimum Gasteiger partial charge on any atom is -0.481 e. The monoisotopic (exact) mass is 252 g/mol. The first-order chi connectivity index (χ1) is 8.08. The van der Waals surface area contributed by atoms with Crippen molar-refractivity contribution in [2.75, 3.05) is 0 Å². The molecule has 2 nitrogen and oxygen atoms in total. The highest BCUT2D eigenvalue weighted by atomic mass is 35.5. The molecule has 1 aliphatic carbocycles. The molecule has 3 atom stereocenters. The number of rotatable bonds is 2. The van der Waals surface area contributed by atoms with Gasteiger partial charge in [0.1, 0.15) is 0 Å². The molecular weight excluding hydrogens is 236 g/mol. The van der Waals surface area contributed by atoms with Gasteiger partial charge in [0.2, 0.25) is 0 Å². The number of carboxylic acids is 1. The molecule has 0 radical (unpaired) electrons. The largest absolute Gasteiger partial charge is 0.481 e. The summed E-state index contributed by atoms with van der Waals surface area (Å²) in [4.78, 5) is 11.3. The van der Waals surface area contributed by atoms with Crippen molar-refractivity contribution in [3.05, 3.63) is 34.9 Å². The van der Waals surface area contributed by atoms with Crippen molar-refractivity contribution < 1.29 is 9.90 Å². The molecule has 92 valence electrons. The lowest BCUT2D eigenvalue weighted by molar-refractivity contribution is -0.143. The lowest BCUT2D eigenvalue weighted by Gasteiger charge is -2.32. The quantitative estimate of drug-likeness (QED) is 0.866. The fraction of sp³-hybridized carbons (Fsp3) is 0.500. The summed E-state index contributed by atoms with van der Waals surface area (Å²) in [6.45, 7) is 2.20. The van der Waals surface area contributed by atoms with Gasteiger partial charge < -0.3 is 5.11 Å². The van der Waals surface area contributed by atoms with Crippen molar-refractivity contribution in [2.24, 2.45) is 11.8 Å². The lowest BCUT2D eigenvalue weighted by Crippen LogP contribution is -2.28. The van der Waals surface area contributed by atoms with Crippen LogP contribution in [0.1, 0.15) is 37.7 Å². The number of benzene rings is 1. The molecule has 0 amide bonds. The average Bonchev–Trinajstić information content (AvgIpc) is 2.29. The van der Waals surface area contributed by atoms with Gasteiger partial charge in [0, 0.05) is 5.02 Å². The summed E-state index contributed by atoms with van der Waals surface area (Å²) < 4.78 is 0. The van der Waals surface area contributed by atoms with Crippen LogP contribution in [0.25, 0.3) is 0 Å². The van der Waals surface area contributed by atoms with Gasteiger partial charge >= 0.3 is 5.97 Å². The van der Waals surface area contributed by atoms with Gasteiger partial charge in [-0.25, -0.2) is 0 Å². The molecule has 2 rings (SSSR count). The van der Waals surface area contributed by atoms with Crippen molar-refractivity contribution in [1.82, 2.24) is 0 Å². The molecule has 3 unspecified atom stereocenters. The first-order valence-electron chi connectivity index (χ1n) is 6.06. The molecule has 1 fully saturated rings. The summed E-state index contributed by atoms with van der Waals surface area (Å²) in [6.07, 6.45) is 2.75. The Kier molecular flexibility index (Phi) is 3.72. The van der Waals surface area contributed by atoms with Crippen LogP contribution in [-0.2, 0) is 4.79 Å². The number of hydrogen-bond acceptors (Lipinski definition) is 1. The molecule has 1 N–H and O–H groups in total. The van der Waals surface area contributed by atoms with E-state index in [1.807, 2.05) is 24.3 Å². The molecule has 1 aliphatic rings. The van der Waals surface area contributed by atoms with Gasteiger partial charge in [0.05, 0.1) is 5.92 Å². The third-order valence-electron chi connectivity index (χ3n) is 3.73. The summed E-state index contributed by atoms with van der Waals surface area (Å²) >= 11 is 5.86. The summed E-state index contributed by atoms with van der Waals surface area (Å²) in [6, 6.07) is 7.60. The topological polar surface area (TPSA) is 37.3 Å². The number of aliphatic carboxylic acids is 1. The van der Waals surface area contributed by atoms with Crippen LogP contribution < -0.4 is 0 Å². The number of carboxylic acid groups (broad SMARTS) is 1. The number of hydrogen-bond donors (Lipinski definition) is 1. The van der Waals surface area contributed by atoms with Crippen LogP contribution in [0.3, 0.4) is 0 Å². The second-order valence-electron chi connectivity index (χ2n) is 5.02. The summed E-state index contributed by atoms with van der Waals surface area (Å²) in [5.74, 6) is -0.177. The zero-order valence-corrected chi connectivity index (χ0v) is 10.7. The third kappa shape index (κ3) is 2.81. The molecule has 1 saturated carbocycles. The van der Waals surface area contributed by atoms with Crippen LogP contribution in [0.2, 0.25) is 5.02 Å². The minimum absolute atomic E-state index is 0.133. The lowest BCUT2D eigenvalue weighted by atomic mass is 9.71. The standard InChI is InChI=1S/C14H17ClO2/c1-9-2-7-12(14(16)17)13(8-9)10-3-5-11(15)6-4-10/h3-6,9,12-13H,2,7-8H2,1H3,(H,16,17). The van der Waals surface area contributed by atoms with E-state index in [9.17, 15) is 9.90 Å². The van der Waals surface area contributed by atoms with Gasteiger partial charge in [-0.05, 0) is 48.8 Å². The highest BCUT2D eigenvalue weighted by Gasteiger charge is 2.34. The fourth-order valence-corrected chi connectivity index (χ4v) is 2.88. The van der Waals surface area contributed by atoms with E-state index in [4.69, 9.17) is 11.6 Å². The molecule has 3 heteroatoms. The van der Waals surface area contributed by atoms with Crippen molar-refractivity contribution in [1.29, 1.82) is 0 Å². The Bertz CT molecular complexity index is 399. The normalized spacial score (nSPS) is 28.9. The zero-order valence-electron chi connectivity index (χ0n) is 9.90. The minimum atomic E-state index is -0.670. The molecule has 0 aromatic heterocycles. The zero-order chi connectivity index (χ0) is 12.4. The Morgan fingerprint density at radius 1 is 1.29 bits per heavy atom. The Balaban J connectivity index is 2.25. The van der Waals surface area contributed by atoms with Crippen molar-refractivity contribution >= 4 is 17.6 Å². The van der Waals surface area contributed by atoms with Crippen LogP contribution in [0.15, 0.2) is 24.3 Å². The van der Waals surface area contributed by atoms with E-state index in [-0.39, 0.29) is 11.8 Å². The van der Waals surface area contributed by atoms with Gasteiger partial charge in [0.15, 0.2) is 0 Å². The van der Waals surface area contributed by atoms with Gasteiger partial charge in [0.25, 0.3) is 0 Å². The maximum absolute atomic E-state index is 11.3. The first-order valence-corrected chi connectivity index (χ1v) is 6.44. The Hall–Kier alpha value is -1.02. The highest BCUT2D eigenvalue weighted by Crippen LogP contribution is 2.40. The van der Waals surface area contributed by atoms with Crippen molar-refractivity contribution in [2.45, 2.75) is 32.1 Å². The van der Waals surface area contributed by atoms with Gasteiger partial charge in [-0.15, -0.1) is 0 Å². The summed E-state index contributed by atoms with van der Waals surface area (Å²) in [7, 11) is 0. The molecule has 17 heavy (non-hydrogen) atoms. The van der Waals surface area contributed by atoms with Gasteiger partial charge in [-0.2, -0.15) is 0 Å². The van der Waals surface area contributed by atoms with E-state index in [1.165, 1.54) is 0 Å². The van der Waals surface area contributed by atoms with E-state index in [2.05, 4.69) is 6.92 Å². The smallest absolute Gasteiger partial charge is 0.307 e. The molecule has 0 aliphatic heterocycles. The molecule has 0 heterocycles. The first kappa shape index (κ1) is 12.4. The second kappa shape index (κ2) is 5.09. The van der Waals surface area contributed by atoms with E-state index in [0.717, 1.165) is 24.8 Å². The van der Waals surface area contributed by atoms with Gasteiger partial charge in [-0.1, -0.05) is 30.7 Å². The van der Waals surface area contributed by atoms with Crippen LogP contribution in [0, 0.1) is 11.8 Å². The Labute approximate surface area is 107 Å². The van der Waals surface area contributed by atoms with E-state index in [1.54, 1.807) is 0 Å². The van der Waals surface area contributed by atoms with Crippen molar-refractivity contribution in [3.8, 4) is 0 Å². The van der Waals surface area contributed by atoms with Crippen molar-refractivity contribution in [3.63, 3.8) is 0 Å². The fourth-order valence-electron chi connectivity index (χ4n) is 2.75. The average molecular weight is 253 g/mol. The predicted molar refractivity (Wildman–Crippen MR) is 68.3 cm³/mol. The predicted octanol–water partition coefficient (Wildman–Crippen LogP) is 3.94. The van der Waals surface area contributed by atoms with Gasteiger partial charge in [-0.3, -0.25) is 4.79 Å². The van der Waals surface area contributed by atoms with E-state index in [0.29, 0.717) is 10.9 Å². The second-order valence-corrected chi connectivity index (χ2v) is 5.46. The molecule has 0 bridgehead atoms. The van der Waals surface area contributed by atoms with Crippen LogP contribution in [-0.4, -0.2) is 11.1 Å². The maximum Gasteiger partial charge on any atom is 0.307 e. The Morgan fingerprint density at radius 2 is 1.94 bits per heavy atom. The molecule has 1 aromatic carbocycles. The molecular formula is C14H17ClO2. The van der Waals surface area contributed by atoms with E-state index < -0.39 is 5.97 Å². The molecule has 1 aromatic rings. The van der Waals surface area contributed by atoms with Crippen LogP contribution in [0.5, 0.6) is 0 Å². The van der Waals surface area contributed by atoms with Crippen LogP contribution in [0.4, 0.5) is 0 Å². The maximum atomic E-state index is 11.3. The van der Waals surface area contributed by atoms with E-state index >= 15 is 0 Å². The number of carbonyl (C=O) groups is 1. The molecule has 0 spiro atoms. The summed E-state index contributed by atoms with van der Waals surface area (Å²) in [5, 5.41) is 9.98. The SMILES string of the molecule is CC1CCC(C(=O)O)C(c2ccc(Cl)cc2)C1.